The Hall–Kier alpha value is -3.22. The molecule has 2 amide bonds. The molecule has 0 bridgehead atoms. The molecular weight excluding hydrogens is 351 g/mol. The molecule has 2 N–H and O–H groups in total. The van der Waals surface area contributed by atoms with Crippen LogP contribution >= 0.6 is 0 Å². The molecule has 0 aliphatic rings. The number of hydrogen-bond donors (Lipinski definition) is 2. The molecule has 0 fully saturated rings. The van der Waals surface area contributed by atoms with Crippen molar-refractivity contribution in [2.75, 3.05) is 11.9 Å². The van der Waals surface area contributed by atoms with Crippen LogP contribution in [0.15, 0.2) is 54.6 Å². The molecule has 7 heteroatoms. The van der Waals surface area contributed by atoms with Crippen LogP contribution in [-0.2, 0) is 14.3 Å². The first-order chi connectivity index (χ1) is 12.9. The number of halogens is 1. The number of hydrogen-bond acceptors (Lipinski definition) is 4. The van der Waals surface area contributed by atoms with E-state index in [1.165, 1.54) is 18.2 Å². The maximum atomic E-state index is 13.7. The SMILES string of the molecule is CC(C)[C@H](NC(=O)c1ccccc1F)C(=O)OCC(=O)Nc1ccccc1. The van der Waals surface area contributed by atoms with Crippen molar-refractivity contribution in [1.29, 1.82) is 0 Å². The van der Waals surface area contributed by atoms with E-state index in [1.54, 1.807) is 44.2 Å². The number of carbonyl (C=O) groups is 3. The third-order valence-electron chi connectivity index (χ3n) is 3.73. The minimum atomic E-state index is -1.01. The zero-order chi connectivity index (χ0) is 19.8. The van der Waals surface area contributed by atoms with Crippen LogP contribution in [0.5, 0.6) is 0 Å². The molecule has 0 unspecified atom stereocenters. The van der Waals surface area contributed by atoms with E-state index in [1.807, 2.05) is 0 Å². The van der Waals surface area contributed by atoms with Crippen molar-refractivity contribution < 1.29 is 23.5 Å². The molecule has 6 nitrogen and oxygen atoms in total. The van der Waals surface area contributed by atoms with Gasteiger partial charge in [0.25, 0.3) is 11.8 Å². The van der Waals surface area contributed by atoms with E-state index in [0.717, 1.165) is 6.07 Å². The molecule has 27 heavy (non-hydrogen) atoms. The van der Waals surface area contributed by atoms with Crippen LogP contribution in [0.4, 0.5) is 10.1 Å². The van der Waals surface area contributed by atoms with Gasteiger partial charge in [-0.15, -0.1) is 0 Å². The molecule has 0 aromatic heterocycles. The Kier molecular flexibility index (Phi) is 7.05. The molecule has 142 valence electrons. The van der Waals surface area contributed by atoms with Gasteiger partial charge in [0.05, 0.1) is 5.56 Å². The third kappa shape index (κ3) is 5.91. The van der Waals surface area contributed by atoms with Crippen LogP contribution in [0.25, 0.3) is 0 Å². The first-order valence-electron chi connectivity index (χ1n) is 8.45. The van der Waals surface area contributed by atoms with Crippen LogP contribution in [0.3, 0.4) is 0 Å². The summed E-state index contributed by atoms with van der Waals surface area (Å²) in [6.07, 6.45) is 0. The molecule has 2 aromatic carbocycles. The first kappa shape index (κ1) is 20.1. The van der Waals surface area contributed by atoms with E-state index in [-0.39, 0.29) is 11.5 Å². The monoisotopic (exact) mass is 372 g/mol. The van der Waals surface area contributed by atoms with Gasteiger partial charge in [0.15, 0.2) is 6.61 Å². The number of para-hydroxylation sites is 1. The van der Waals surface area contributed by atoms with Crippen molar-refractivity contribution in [3.05, 3.63) is 66.0 Å². The molecular formula is C20H21FN2O4. The molecule has 2 aromatic rings. The smallest absolute Gasteiger partial charge is 0.329 e. The largest absolute Gasteiger partial charge is 0.454 e. The fourth-order valence-corrected chi connectivity index (χ4v) is 2.31. The van der Waals surface area contributed by atoms with Gasteiger partial charge in [0, 0.05) is 5.69 Å². The Bertz CT molecular complexity index is 809. The predicted octanol–water partition coefficient (Wildman–Crippen LogP) is 2.76. The average molecular weight is 372 g/mol. The number of ether oxygens (including phenoxy) is 1. The summed E-state index contributed by atoms with van der Waals surface area (Å²) in [5.41, 5.74) is 0.407. The highest BCUT2D eigenvalue weighted by Crippen LogP contribution is 2.10. The van der Waals surface area contributed by atoms with Crippen molar-refractivity contribution in [2.24, 2.45) is 5.92 Å². The zero-order valence-electron chi connectivity index (χ0n) is 15.1. The molecule has 1 atom stereocenters. The van der Waals surface area contributed by atoms with Crippen molar-refractivity contribution in [2.45, 2.75) is 19.9 Å². The number of rotatable bonds is 7. The van der Waals surface area contributed by atoms with Crippen LogP contribution in [0.2, 0.25) is 0 Å². The van der Waals surface area contributed by atoms with Gasteiger partial charge in [0.2, 0.25) is 0 Å². The lowest BCUT2D eigenvalue weighted by Crippen LogP contribution is -2.46. The topological polar surface area (TPSA) is 84.5 Å². The van der Waals surface area contributed by atoms with Gasteiger partial charge in [0.1, 0.15) is 11.9 Å². The lowest BCUT2D eigenvalue weighted by atomic mass is 10.0. The molecule has 0 saturated carbocycles. The van der Waals surface area contributed by atoms with E-state index in [4.69, 9.17) is 4.74 Å². The highest BCUT2D eigenvalue weighted by molar-refractivity contribution is 5.97. The van der Waals surface area contributed by atoms with E-state index in [2.05, 4.69) is 10.6 Å². The Balaban J connectivity index is 1.93. The summed E-state index contributed by atoms with van der Waals surface area (Å²) in [6, 6.07) is 13.2. The van der Waals surface area contributed by atoms with Gasteiger partial charge in [-0.05, 0) is 30.2 Å². The Morgan fingerprint density at radius 2 is 1.63 bits per heavy atom. The van der Waals surface area contributed by atoms with Crippen molar-refractivity contribution in [3.8, 4) is 0 Å². The second kappa shape index (κ2) is 9.47. The van der Waals surface area contributed by atoms with Gasteiger partial charge < -0.3 is 15.4 Å². The normalized spacial score (nSPS) is 11.6. The number of benzene rings is 2. The fraction of sp³-hybridized carbons (Fsp3) is 0.250. The number of esters is 1. The number of nitrogens with one attached hydrogen (secondary N) is 2. The second-order valence-electron chi connectivity index (χ2n) is 6.20. The van der Waals surface area contributed by atoms with E-state index in [0.29, 0.717) is 5.69 Å². The molecule has 2 rings (SSSR count). The van der Waals surface area contributed by atoms with Crippen LogP contribution in [0.1, 0.15) is 24.2 Å². The van der Waals surface area contributed by atoms with Gasteiger partial charge in [-0.1, -0.05) is 44.2 Å². The summed E-state index contributed by atoms with van der Waals surface area (Å²) in [5.74, 6) is -2.99. The lowest BCUT2D eigenvalue weighted by molar-refractivity contribution is -0.150. The van der Waals surface area contributed by atoms with Gasteiger partial charge in [-0.25, -0.2) is 9.18 Å². The Morgan fingerprint density at radius 3 is 2.26 bits per heavy atom. The number of anilines is 1. The molecule has 0 aliphatic heterocycles. The van der Waals surface area contributed by atoms with Crippen LogP contribution in [-0.4, -0.2) is 30.4 Å². The maximum absolute atomic E-state index is 13.7. The summed E-state index contributed by atoms with van der Waals surface area (Å²) in [4.78, 5) is 36.4. The van der Waals surface area contributed by atoms with Crippen molar-refractivity contribution >= 4 is 23.5 Å². The second-order valence-corrected chi connectivity index (χ2v) is 6.20. The van der Waals surface area contributed by atoms with E-state index in [9.17, 15) is 18.8 Å². The van der Waals surface area contributed by atoms with E-state index >= 15 is 0 Å². The Morgan fingerprint density at radius 1 is 1.00 bits per heavy atom. The molecule has 0 heterocycles. The summed E-state index contributed by atoms with van der Waals surface area (Å²) in [5, 5.41) is 5.05. The summed E-state index contributed by atoms with van der Waals surface area (Å²) in [6.45, 7) is 2.92. The van der Waals surface area contributed by atoms with Crippen LogP contribution in [0, 0.1) is 11.7 Å². The highest BCUT2D eigenvalue weighted by Gasteiger charge is 2.27. The predicted molar refractivity (Wildman–Crippen MR) is 98.5 cm³/mol. The van der Waals surface area contributed by atoms with Crippen LogP contribution < -0.4 is 10.6 Å². The van der Waals surface area contributed by atoms with E-state index < -0.39 is 36.2 Å². The molecule has 0 aliphatic carbocycles. The molecule has 0 spiro atoms. The third-order valence-corrected chi connectivity index (χ3v) is 3.73. The minimum Gasteiger partial charge on any atom is -0.454 e. The lowest BCUT2D eigenvalue weighted by Gasteiger charge is -2.21. The summed E-state index contributed by atoms with van der Waals surface area (Å²) in [7, 11) is 0. The summed E-state index contributed by atoms with van der Waals surface area (Å²) >= 11 is 0. The average Bonchev–Trinajstić information content (AvgIpc) is 2.65. The van der Waals surface area contributed by atoms with Gasteiger partial charge in [-0.3, -0.25) is 9.59 Å². The first-order valence-corrected chi connectivity index (χ1v) is 8.45. The van der Waals surface area contributed by atoms with Gasteiger partial charge in [-0.2, -0.15) is 0 Å². The fourth-order valence-electron chi connectivity index (χ4n) is 2.31. The highest BCUT2D eigenvalue weighted by atomic mass is 19.1. The zero-order valence-corrected chi connectivity index (χ0v) is 15.1. The molecule has 0 radical (unpaired) electrons. The quantitative estimate of drug-likeness (QED) is 0.732. The Labute approximate surface area is 156 Å². The molecule has 0 saturated heterocycles. The standard InChI is InChI=1S/C20H21FN2O4/c1-13(2)18(23-19(25)15-10-6-7-11-16(15)21)20(26)27-12-17(24)22-14-8-4-3-5-9-14/h3-11,13,18H,12H2,1-2H3,(H,22,24)(H,23,25)/t18-/m0/s1. The minimum absolute atomic E-state index is 0.169. The van der Waals surface area contributed by atoms with Crippen molar-refractivity contribution in [1.82, 2.24) is 5.32 Å². The number of amides is 2. The van der Waals surface area contributed by atoms with Gasteiger partial charge >= 0.3 is 5.97 Å². The maximum Gasteiger partial charge on any atom is 0.329 e. The van der Waals surface area contributed by atoms with Crippen molar-refractivity contribution in [3.63, 3.8) is 0 Å². The summed E-state index contributed by atoms with van der Waals surface area (Å²) < 4.78 is 18.7. The number of carbonyl (C=O) groups excluding carboxylic acids is 3.